The van der Waals surface area contributed by atoms with Crippen LogP contribution in [0, 0.1) is 23.7 Å². The topological polar surface area (TPSA) is 0 Å². The summed E-state index contributed by atoms with van der Waals surface area (Å²) in [5.41, 5.74) is 0. The zero-order valence-electron chi connectivity index (χ0n) is 9.84. The fraction of sp³-hybridized carbons (Fsp3) is 1.00. The van der Waals surface area contributed by atoms with Crippen molar-refractivity contribution in [3.05, 3.63) is 0 Å². The van der Waals surface area contributed by atoms with E-state index in [4.69, 9.17) is 0 Å². The van der Waals surface area contributed by atoms with Gasteiger partial charge in [0.25, 0.3) is 0 Å². The van der Waals surface area contributed by atoms with Gasteiger partial charge in [0.2, 0.25) is 0 Å². The summed E-state index contributed by atoms with van der Waals surface area (Å²) >= 11 is 0. The summed E-state index contributed by atoms with van der Waals surface area (Å²) in [5, 5.41) is 0. The van der Waals surface area contributed by atoms with Crippen LogP contribution in [0.4, 0.5) is 0 Å². The van der Waals surface area contributed by atoms with E-state index in [0.29, 0.717) is 0 Å². The molecule has 0 aromatic rings. The van der Waals surface area contributed by atoms with Crippen LogP contribution < -0.4 is 0 Å². The smallest absolute Gasteiger partial charge is 0.0362 e. The second-order valence-electron chi connectivity index (χ2n) is 5.17. The van der Waals surface area contributed by atoms with Crippen LogP contribution >= 0.6 is 0 Å². The van der Waals surface area contributed by atoms with Gasteiger partial charge in [0, 0.05) is 0 Å². The van der Waals surface area contributed by atoms with Crippen molar-refractivity contribution in [3.63, 3.8) is 0 Å². The van der Waals surface area contributed by atoms with Crippen molar-refractivity contribution in [3.8, 4) is 0 Å². The first-order valence-electron chi connectivity index (χ1n) is 6.19. The molecule has 0 bridgehead atoms. The lowest BCUT2D eigenvalue weighted by Gasteiger charge is -2.41. The van der Waals surface area contributed by atoms with Crippen LogP contribution in [-0.4, -0.2) is 0 Å². The van der Waals surface area contributed by atoms with Crippen molar-refractivity contribution in [2.24, 2.45) is 23.7 Å². The molecule has 1 aliphatic rings. The van der Waals surface area contributed by atoms with E-state index in [1.54, 1.807) is 0 Å². The van der Waals surface area contributed by atoms with Crippen LogP contribution in [0.15, 0.2) is 0 Å². The largest absolute Gasteiger partial charge is 0.0654 e. The molecular formula is C13H26. The molecule has 13 heavy (non-hydrogen) atoms. The van der Waals surface area contributed by atoms with E-state index in [1.807, 2.05) is 0 Å². The lowest BCUT2D eigenvalue weighted by atomic mass is 9.64. The first kappa shape index (κ1) is 11.1. The normalized spacial score (nSPS) is 32.3. The summed E-state index contributed by atoms with van der Waals surface area (Å²) in [4.78, 5) is 0. The predicted molar refractivity (Wildman–Crippen MR) is 59.7 cm³/mol. The average Bonchev–Trinajstić information content (AvgIpc) is 2.03. The Kier molecular flexibility index (Phi) is 4.28. The minimum absolute atomic E-state index is 0.965. The van der Waals surface area contributed by atoms with Crippen molar-refractivity contribution in [2.45, 2.75) is 59.8 Å². The number of hydrogen-bond acceptors (Lipinski definition) is 0. The van der Waals surface area contributed by atoms with Crippen molar-refractivity contribution in [1.29, 1.82) is 0 Å². The molecule has 0 spiro atoms. The van der Waals surface area contributed by atoms with Gasteiger partial charge in [-0.05, 0) is 36.5 Å². The standard InChI is InChI=1S/C13H26/c1-5-7-11(4)13(6-2)12-8-10(3)9-12/h10-13H,5-9H2,1-4H3. The highest BCUT2D eigenvalue weighted by atomic mass is 14.4. The van der Waals surface area contributed by atoms with Crippen LogP contribution in [-0.2, 0) is 0 Å². The maximum absolute atomic E-state index is 2.46. The lowest BCUT2D eigenvalue weighted by Crippen LogP contribution is -2.31. The zero-order chi connectivity index (χ0) is 9.84. The Balaban J connectivity index is 2.33. The average molecular weight is 182 g/mol. The molecule has 2 unspecified atom stereocenters. The molecule has 0 radical (unpaired) electrons. The van der Waals surface area contributed by atoms with Crippen molar-refractivity contribution >= 4 is 0 Å². The second kappa shape index (κ2) is 5.02. The summed E-state index contributed by atoms with van der Waals surface area (Å²) in [5.74, 6) is 4.08. The minimum Gasteiger partial charge on any atom is -0.0654 e. The SMILES string of the molecule is CCCC(C)C(CC)C1CC(C)C1. The quantitative estimate of drug-likeness (QED) is 0.587. The van der Waals surface area contributed by atoms with Gasteiger partial charge < -0.3 is 0 Å². The van der Waals surface area contributed by atoms with E-state index in [-0.39, 0.29) is 0 Å². The molecule has 1 aliphatic carbocycles. The van der Waals surface area contributed by atoms with E-state index in [9.17, 15) is 0 Å². The van der Waals surface area contributed by atoms with Gasteiger partial charge in [-0.1, -0.05) is 47.0 Å². The first-order valence-corrected chi connectivity index (χ1v) is 6.19. The van der Waals surface area contributed by atoms with E-state index in [2.05, 4.69) is 27.7 Å². The molecule has 0 N–H and O–H groups in total. The maximum Gasteiger partial charge on any atom is -0.0362 e. The van der Waals surface area contributed by atoms with Gasteiger partial charge >= 0.3 is 0 Å². The van der Waals surface area contributed by atoms with Crippen LogP contribution in [0.3, 0.4) is 0 Å². The highest BCUT2D eigenvalue weighted by Crippen LogP contribution is 2.43. The molecule has 0 saturated heterocycles. The molecule has 0 aromatic carbocycles. The third-order valence-electron chi connectivity index (χ3n) is 3.96. The number of rotatable bonds is 5. The van der Waals surface area contributed by atoms with Gasteiger partial charge in [-0.3, -0.25) is 0 Å². The van der Waals surface area contributed by atoms with Crippen molar-refractivity contribution < 1.29 is 0 Å². The second-order valence-corrected chi connectivity index (χ2v) is 5.17. The first-order chi connectivity index (χ1) is 6.19. The monoisotopic (exact) mass is 182 g/mol. The van der Waals surface area contributed by atoms with Crippen LogP contribution in [0.25, 0.3) is 0 Å². The molecule has 0 aliphatic heterocycles. The van der Waals surface area contributed by atoms with Gasteiger partial charge in [-0.25, -0.2) is 0 Å². The summed E-state index contributed by atoms with van der Waals surface area (Å²) in [6, 6.07) is 0. The number of hydrogen-bond donors (Lipinski definition) is 0. The molecule has 0 aromatic heterocycles. The highest BCUT2D eigenvalue weighted by Gasteiger charge is 2.33. The van der Waals surface area contributed by atoms with Crippen LogP contribution in [0.1, 0.15) is 59.8 Å². The Hall–Kier alpha value is 0. The van der Waals surface area contributed by atoms with Gasteiger partial charge in [0.15, 0.2) is 0 Å². The molecule has 0 amide bonds. The fourth-order valence-corrected chi connectivity index (χ4v) is 3.18. The highest BCUT2D eigenvalue weighted by molar-refractivity contribution is 4.83. The Morgan fingerprint density at radius 2 is 1.85 bits per heavy atom. The zero-order valence-corrected chi connectivity index (χ0v) is 9.84. The van der Waals surface area contributed by atoms with Crippen LogP contribution in [0.5, 0.6) is 0 Å². The summed E-state index contributed by atoms with van der Waals surface area (Å²) in [6.07, 6.45) is 7.21. The summed E-state index contributed by atoms with van der Waals surface area (Å²) in [7, 11) is 0. The van der Waals surface area contributed by atoms with Gasteiger partial charge in [0.05, 0.1) is 0 Å². The van der Waals surface area contributed by atoms with E-state index < -0.39 is 0 Å². The fourth-order valence-electron chi connectivity index (χ4n) is 3.18. The van der Waals surface area contributed by atoms with E-state index in [1.165, 1.54) is 32.1 Å². The van der Waals surface area contributed by atoms with Crippen molar-refractivity contribution in [1.82, 2.24) is 0 Å². The van der Waals surface area contributed by atoms with Gasteiger partial charge in [-0.2, -0.15) is 0 Å². The molecule has 78 valence electrons. The third kappa shape index (κ3) is 2.72. The predicted octanol–water partition coefficient (Wildman–Crippen LogP) is 4.49. The Bertz CT molecular complexity index is 128. The molecule has 0 heteroatoms. The van der Waals surface area contributed by atoms with E-state index in [0.717, 1.165) is 23.7 Å². The van der Waals surface area contributed by atoms with Gasteiger partial charge in [0.1, 0.15) is 0 Å². The molecule has 1 fully saturated rings. The molecular weight excluding hydrogens is 156 g/mol. The molecule has 0 nitrogen and oxygen atoms in total. The van der Waals surface area contributed by atoms with Crippen LogP contribution in [0.2, 0.25) is 0 Å². The Morgan fingerprint density at radius 1 is 1.23 bits per heavy atom. The molecule has 1 rings (SSSR count). The van der Waals surface area contributed by atoms with Gasteiger partial charge in [-0.15, -0.1) is 0 Å². The molecule has 0 heterocycles. The van der Waals surface area contributed by atoms with Crippen molar-refractivity contribution in [2.75, 3.05) is 0 Å². The third-order valence-corrected chi connectivity index (χ3v) is 3.96. The maximum atomic E-state index is 2.46. The lowest BCUT2D eigenvalue weighted by molar-refractivity contribution is 0.0927. The molecule has 1 saturated carbocycles. The molecule has 2 atom stereocenters. The minimum atomic E-state index is 0.965. The Morgan fingerprint density at radius 3 is 2.23 bits per heavy atom. The Labute approximate surface area is 84.1 Å². The van der Waals surface area contributed by atoms with E-state index >= 15 is 0 Å². The summed E-state index contributed by atoms with van der Waals surface area (Å²) in [6.45, 7) is 9.54. The summed E-state index contributed by atoms with van der Waals surface area (Å²) < 4.78 is 0.